The molecule has 3 aromatic rings. The minimum Gasteiger partial charge on any atom is -0.493 e. The van der Waals surface area contributed by atoms with Gasteiger partial charge >= 0.3 is 5.97 Å². The van der Waals surface area contributed by atoms with E-state index in [1.807, 2.05) is 6.92 Å². The Morgan fingerprint density at radius 2 is 2.19 bits per heavy atom. The lowest BCUT2D eigenvalue weighted by Crippen LogP contribution is -1.95. The highest BCUT2D eigenvalue weighted by Gasteiger charge is 2.19. The molecule has 21 heavy (non-hydrogen) atoms. The zero-order chi connectivity index (χ0) is 15.1. The normalized spacial score (nSPS) is 11.0. The first-order valence-electron chi connectivity index (χ1n) is 6.07. The molecule has 0 radical (unpaired) electrons. The Morgan fingerprint density at radius 3 is 2.81 bits per heavy atom. The van der Waals surface area contributed by atoms with Crippen molar-refractivity contribution < 1.29 is 19.1 Å². The van der Waals surface area contributed by atoms with E-state index in [1.54, 1.807) is 12.1 Å². The Hall–Kier alpha value is -2.47. The summed E-state index contributed by atoms with van der Waals surface area (Å²) in [4.78, 5) is 10.9. The molecule has 0 saturated heterocycles. The second-order valence-electron chi connectivity index (χ2n) is 4.51. The second kappa shape index (κ2) is 4.82. The molecule has 0 unspecified atom stereocenters. The summed E-state index contributed by atoms with van der Waals surface area (Å²) >= 11 is 6.39. The number of aromatic amines is 1. The van der Waals surface area contributed by atoms with Gasteiger partial charge in [0.15, 0.2) is 11.3 Å². The van der Waals surface area contributed by atoms with Gasteiger partial charge in [-0.15, -0.1) is 0 Å². The van der Waals surface area contributed by atoms with Crippen LogP contribution in [0.3, 0.4) is 0 Å². The maximum absolute atomic E-state index is 10.9. The van der Waals surface area contributed by atoms with Crippen LogP contribution in [-0.4, -0.2) is 28.4 Å². The number of aryl methyl sites for hydroxylation is 1. The quantitative estimate of drug-likeness (QED) is 0.773. The molecule has 6 nitrogen and oxygen atoms in total. The number of hydrogen-bond acceptors (Lipinski definition) is 4. The number of benzene rings is 1. The highest BCUT2D eigenvalue weighted by molar-refractivity contribution is 6.38. The molecule has 0 aliphatic heterocycles. The Morgan fingerprint density at radius 1 is 1.43 bits per heavy atom. The molecule has 2 N–H and O–H groups in total. The zero-order valence-corrected chi connectivity index (χ0v) is 12.0. The number of carbonyl (C=O) groups is 1. The van der Waals surface area contributed by atoms with Gasteiger partial charge in [0.05, 0.1) is 17.8 Å². The molecular weight excluding hydrogens is 296 g/mol. The third kappa shape index (κ3) is 2.13. The van der Waals surface area contributed by atoms with Crippen LogP contribution in [0.15, 0.2) is 22.6 Å². The van der Waals surface area contributed by atoms with E-state index in [0.717, 1.165) is 0 Å². The van der Waals surface area contributed by atoms with E-state index < -0.39 is 5.97 Å². The first kappa shape index (κ1) is 13.5. The van der Waals surface area contributed by atoms with Crippen LogP contribution in [0.5, 0.6) is 5.75 Å². The van der Waals surface area contributed by atoms with Gasteiger partial charge in [-0.05, 0) is 25.1 Å². The van der Waals surface area contributed by atoms with Crippen LogP contribution in [0.25, 0.3) is 22.2 Å². The third-order valence-electron chi connectivity index (χ3n) is 3.13. The summed E-state index contributed by atoms with van der Waals surface area (Å²) in [5.74, 6) is 0.130. The number of fused-ring (bicyclic) bond motifs is 1. The fourth-order valence-corrected chi connectivity index (χ4v) is 2.46. The Labute approximate surface area is 124 Å². The highest BCUT2D eigenvalue weighted by atomic mass is 35.5. The van der Waals surface area contributed by atoms with E-state index >= 15 is 0 Å². The molecule has 0 atom stereocenters. The summed E-state index contributed by atoms with van der Waals surface area (Å²) in [6.07, 6.45) is 0. The lowest BCUT2D eigenvalue weighted by molar-refractivity contribution is 0.0690. The molecule has 7 heteroatoms. The van der Waals surface area contributed by atoms with Gasteiger partial charge in [-0.3, -0.25) is 5.10 Å². The minimum absolute atomic E-state index is 0.0106. The number of halogens is 1. The summed E-state index contributed by atoms with van der Waals surface area (Å²) in [6, 6.07) is 4.89. The van der Waals surface area contributed by atoms with E-state index in [2.05, 4.69) is 10.2 Å². The number of carboxylic acids is 1. The van der Waals surface area contributed by atoms with Crippen LogP contribution >= 0.6 is 11.6 Å². The van der Waals surface area contributed by atoms with Crippen molar-refractivity contribution in [3.8, 4) is 17.0 Å². The fourth-order valence-electron chi connectivity index (χ4n) is 2.17. The van der Waals surface area contributed by atoms with Crippen LogP contribution in [0.1, 0.15) is 16.2 Å². The topological polar surface area (TPSA) is 88.4 Å². The van der Waals surface area contributed by atoms with Crippen LogP contribution in [0.4, 0.5) is 0 Å². The molecule has 2 aromatic heterocycles. The first-order chi connectivity index (χ1) is 10.0. The van der Waals surface area contributed by atoms with Gasteiger partial charge in [0.2, 0.25) is 0 Å². The molecular formula is C14H11ClN2O4. The van der Waals surface area contributed by atoms with E-state index in [4.69, 9.17) is 25.9 Å². The Kier molecular flexibility index (Phi) is 3.10. The summed E-state index contributed by atoms with van der Waals surface area (Å²) < 4.78 is 10.9. The SMILES string of the molecule is COc1cc(-c2cc(C(=O)O)[nH]n2)c(Cl)c2cc(C)oc12. The summed E-state index contributed by atoms with van der Waals surface area (Å²) in [5.41, 5.74) is 1.54. The number of hydrogen-bond donors (Lipinski definition) is 2. The van der Waals surface area contributed by atoms with Crippen molar-refractivity contribution in [2.45, 2.75) is 6.92 Å². The number of ether oxygens (including phenoxy) is 1. The highest BCUT2D eigenvalue weighted by Crippen LogP contribution is 2.40. The van der Waals surface area contributed by atoms with Crippen LogP contribution in [0.2, 0.25) is 5.02 Å². The van der Waals surface area contributed by atoms with Crippen molar-refractivity contribution in [1.29, 1.82) is 0 Å². The number of carboxylic acid groups (broad SMARTS) is 1. The van der Waals surface area contributed by atoms with Gasteiger partial charge in [-0.2, -0.15) is 5.10 Å². The maximum Gasteiger partial charge on any atom is 0.353 e. The van der Waals surface area contributed by atoms with Crippen LogP contribution < -0.4 is 4.74 Å². The Bertz CT molecular complexity index is 850. The lowest BCUT2D eigenvalue weighted by Gasteiger charge is -2.06. The smallest absolute Gasteiger partial charge is 0.353 e. The van der Waals surface area contributed by atoms with E-state index in [-0.39, 0.29) is 5.69 Å². The number of aromatic nitrogens is 2. The van der Waals surface area contributed by atoms with Crippen LogP contribution in [-0.2, 0) is 0 Å². The van der Waals surface area contributed by atoms with Crippen molar-refractivity contribution in [3.63, 3.8) is 0 Å². The molecule has 0 bridgehead atoms. The molecule has 0 spiro atoms. The molecule has 2 heterocycles. The number of furan rings is 1. The van der Waals surface area contributed by atoms with E-state index in [9.17, 15) is 4.79 Å². The predicted octanol–water partition coefficient (Wildman–Crippen LogP) is 3.49. The largest absolute Gasteiger partial charge is 0.493 e. The first-order valence-corrected chi connectivity index (χ1v) is 6.44. The molecule has 0 aliphatic carbocycles. The third-order valence-corrected chi connectivity index (χ3v) is 3.54. The number of nitrogens with one attached hydrogen (secondary N) is 1. The molecule has 108 valence electrons. The van der Waals surface area contributed by atoms with Gasteiger partial charge in [-0.1, -0.05) is 11.6 Å². The molecule has 3 rings (SSSR count). The number of H-pyrrole nitrogens is 1. The zero-order valence-electron chi connectivity index (χ0n) is 11.2. The van der Waals surface area contributed by atoms with Crippen LogP contribution in [0, 0.1) is 6.92 Å². The number of rotatable bonds is 3. The van der Waals surface area contributed by atoms with Gasteiger partial charge in [-0.25, -0.2) is 4.79 Å². The minimum atomic E-state index is -1.09. The van der Waals surface area contributed by atoms with Gasteiger partial charge in [0, 0.05) is 10.9 Å². The molecule has 1 aromatic carbocycles. The summed E-state index contributed by atoms with van der Waals surface area (Å²) in [6.45, 7) is 1.81. The van der Waals surface area contributed by atoms with Gasteiger partial charge < -0.3 is 14.3 Å². The summed E-state index contributed by atoms with van der Waals surface area (Å²) in [7, 11) is 1.53. The number of nitrogens with zero attached hydrogens (tertiary/aromatic N) is 1. The molecule has 0 saturated carbocycles. The average molecular weight is 307 g/mol. The molecule has 0 amide bonds. The standard InChI is InChI=1S/C14H11ClN2O4/c1-6-3-8-12(15)7(4-11(20-2)13(8)21-6)9-5-10(14(18)19)17-16-9/h3-5H,1-2H3,(H,16,17)(H,18,19). The van der Waals surface area contributed by atoms with Gasteiger partial charge in [0.25, 0.3) is 0 Å². The Balaban J connectivity index is 2.26. The molecule has 0 aliphatic rings. The number of aromatic carboxylic acids is 1. The summed E-state index contributed by atoms with van der Waals surface area (Å²) in [5, 5.41) is 16.5. The van der Waals surface area contributed by atoms with Crippen molar-refractivity contribution in [2.24, 2.45) is 0 Å². The monoisotopic (exact) mass is 306 g/mol. The van der Waals surface area contributed by atoms with Crippen molar-refractivity contribution in [2.75, 3.05) is 7.11 Å². The van der Waals surface area contributed by atoms with E-state index in [1.165, 1.54) is 13.2 Å². The second-order valence-corrected chi connectivity index (χ2v) is 4.89. The van der Waals surface area contributed by atoms with Crippen molar-refractivity contribution in [3.05, 3.63) is 34.7 Å². The maximum atomic E-state index is 10.9. The average Bonchev–Trinajstić information content (AvgIpc) is 3.06. The van der Waals surface area contributed by atoms with Gasteiger partial charge in [0.1, 0.15) is 11.5 Å². The van der Waals surface area contributed by atoms with Crippen molar-refractivity contribution >= 4 is 28.5 Å². The van der Waals surface area contributed by atoms with Crippen molar-refractivity contribution in [1.82, 2.24) is 10.2 Å². The fraction of sp³-hybridized carbons (Fsp3) is 0.143. The lowest BCUT2D eigenvalue weighted by atomic mass is 10.1. The predicted molar refractivity (Wildman–Crippen MR) is 77.1 cm³/mol. The number of methoxy groups -OCH3 is 1. The van der Waals surface area contributed by atoms with E-state index in [0.29, 0.717) is 38.8 Å². The molecule has 0 fully saturated rings.